The largest absolute Gasteiger partial charge is 0.284 e. The number of nitrogens with zero attached hydrogens (tertiary/aromatic N) is 3. The number of hydrogen-bond donors (Lipinski definition) is 0. The van der Waals surface area contributed by atoms with E-state index < -0.39 is 6.43 Å². The van der Waals surface area contributed by atoms with Crippen LogP contribution in [0.4, 0.5) is 8.78 Å². The summed E-state index contributed by atoms with van der Waals surface area (Å²) in [6, 6.07) is 6.72. The maximum absolute atomic E-state index is 12.5. The number of aromatic nitrogens is 3. The van der Waals surface area contributed by atoms with Gasteiger partial charge < -0.3 is 0 Å². The highest BCUT2D eigenvalue weighted by molar-refractivity contribution is 6.30. The lowest BCUT2D eigenvalue weighted by molar-refractivity contribution is 0.145. The molecule has 0 amide bonds. The third-order valence-electron chi connectivity index (χ3n) is 2.21. The van der Waals surface area contributed by atoms with Crippen LogP contribution in [0.1, 0.15) is 17.8 Å². The molecule has 0 N–H and O–H groups in total. The van der Waals surface area contributed by atoms with Crippen LogP contribution in [0.5, 0.6) is 0 Å². The molecule has 0 atom stereocenters. The molecule has 0 radical (unpaired) electrons. The van der Waals surface area contributed by atoms with Crippen molar-refractivity contribution in [3.63, 3.8) is 0 Å². The third-order valence-corrected chi connectivity index (χ3v) is 2.46. The van der Waals surface area contributed by atoms with Gasteiger partial charge in [-0.25, -0.2) is 13.5 Å². The van der Waals surface area contributed by atoms with Crippen molar-refractivity contribution in [2.75, 3.05) is 0 Å². The summed E-state index contributed by atoms with van der Waals surface area (Å²) >= 11 is 5.73. The van der Waals surface area contributed by atoms with E-state index in [4.69, 9.17) is 11.6 Å². The van der Waals surface area contributed by atoms with E-state index in [1.54, 1.807) is 31.2 Å². The fourth-order valence-electron chi connectivity index (χ4n) is 1.37. The smallest absolute Gasteiger partial charge is 0.217 e. The molecule has 16 heavy (non-hydrogen) atoms. The lowest BCUT2D eigenvalue weighted by atomic mass is 10.3. The molecule has 1 heterocycles. The number of rotatable bonds is 2. The highest BCUT2D eigenvalue weighted by Gasteiger charge is 2.18. The summed E-state index contributed by atoms with van der Waals surface area (Å²) in [6.07, 6.45) is -2.61. The van der Waals surface area contributed by atoms with Gasteiger partial charge in [-0.15, -0.1) is 5.10 Å². The molecule has 6 heteroatoms. The molecule has 2 aromatic rings. The van der Waals surface area contributed by atoms with E-state index in [0.717, 1.165) is 0 Å². The second-order valence-corrected chi connectivity index (χ2v) is 3.69. The Kier molecular flexibility index (Phi) is 2.87. The minimum Gasteiger partial charge on any atom is -0.217 e. The molecule has 1 aromatic carbocycles. The van der Waals surface area contributed by atoms with E-state index in [9.17, 15) is 8.78 Å². The molecule has 0 aliphatic heterocycles. The van der Waals surface area contributed by atoms with E-state index >= 15 is 0 Å². The van der Waals surface area contributed by atoms with Crippen molar-refractivity contribution >= 4 is 11.6 Å². The second-order valence-electron chi connectivity index (χ2n) is 3.25. The van der Waals surface area contributed by atoms with Gasteiger partial charge in [0.2, 0.25) is 0 Å². The Hall–Kier alpha value is -1.49. The second kappa shape index (κ2) is 4.17. The minimum atomic E-state index is -2.61. The predicted molar refractivity (Wildman–Crippen MR) is 56.1 cm³/mol. The Morgan fingerprint density at radius 3 is 2.38 bits per heavy atom. The fourth-order valence-corrected chi connectivity index (χ4v) is 1.50. The van der Waals surface area contributed by atoms with Gasteiger partial charge in [0, 0.05) is 5.02 Å². The lowest BCUT2D eigenvalue weighted by Gasteiger charge is -2.03. The molecule has 0 saturated carbocycles. The average Bonchev–Trinajstić information content (AvgIpc) is 2.61. The van der Waals surface area contributed by atoms with Crippen molar-refractivity contribution in [2.24, 2.45) is 0 Å². The van der Waals surface area contributed by atoms with Gasteiger partial charge >= 0.3 is 0 Å². The van der Waals surface area contributed by atoms with Crippen LogP contribution in [-0.2, 0) is 0 Å². The first-order valence-corrected chi connectivity index (χ1v) is 4.93. The Labute approximate surface area is 95.6 Å². The van der Waals surface area contributed by atoms with Crippen LogP contribution in [0.25, 0.3) is 5.69 Å². The van der Waals surface area contributed by atoms with Crippen molar-refractivity contribution in [1.82, 2.24) is 15.0 Å². The Morgan fingerprint density at radius 1 is 1.25 bits per heavy atom. The molecule has 0 aliphatic rings. The van der Waals surface area contributed by atoms with Gasteiger partial charge in [0.05, 0.1) is 11.4 Å². The highest BCUT2D eigenvalue weighted by Crippen LogP contribution is 2.22. The van der Waals surface area contributed by atoms with E-state index in [0.29, 0.717) is 16.4 Å². The number of benzene rings is 1. The van der Waals surface area contributed by atoms with Gasteiger partial charge in [-0.2, -0.15) is 0 Å². The van der Waals surface area contributed by atoms with Crippen molar-refractivity contribution < 1.29 is 8.78 Å². The summed E-state index contributed by atoms with van der Waals surface area (Å²) in [5.41, 5.74) is 0.688. The molecule has 0 saturated heterocycles. The van der Waals surface area contributed by atoms with Gasteiger partial charge in [-0.1, -0.05) is 16.8 Å². The lowest BCUT2D eigenvalue weighted by Crippen LogP contribution is -1.99. The summed E-state index contributed by atoms with van der Waals surface area (Å²) in [6.45, 7) is 1.55. The van der Waals surface area contributed by atoms with Gasteiger partial charge in [0.15, 0.2) is 5.69 Å². The van der Waals surface area contributed by atoms with Crippen LogP contribution >= 0.6 is 11.6 Å². The minimum absolute atomic E-state index is 0.296. The van der Waals surface area contributed by atoms with E-state index in [2.05, 4.69) is 10.3 Å². The van der Waals surface area contributed by atoms with Crippen LogP contribution < -0.4 is 0 Å². The Balaban J connectivity index is 2.45. The molecule has 0 fully saturated rings. The number of alkyl halides is 2. The van der Waals surface area contributed by atoms with Crippen LogP contribution in [0.15, 0.2) is 24.3 Å². The predicted octanol–water partition coefficient (Wildman–Crippen LogP) is 3.17. The zero-order valence-corrected chi connectivity index (χ0v) is 9.12. The van der Waals surface area contributed by atoms with E-state index in [1.807, 2.05) is 0 Å². The number of hydrogen-bond acceptors (Lipinski definition) is 2. The molecule has 0 unspecified atom stereocenters. The first kappa shape index (κ1) is 11.0. The molecule has 1 aromatic heterocycles. The zero-order chi connectivity index (χ0) is 11.7. The molecule has 2 rings (SSSR count). The summed E-state index contributed by atoms with van der Waals surface area (Å²) in [4.78, 5) is 0. The van der Waals surface area contributed by atoms with Crippen LogP contribution in [0, 0.1) is 6.92 Å². The molecular weight excluding hydrogens is 236 g/mol. The topological polar surface area (TPSA) is 30.7 Å². The van der Waals surface area contributed by atoms with Gasteiger partial charge in [-0.3, -0.25) is 0 Å². The standard InChI is InChI=1S/C10H8ClF2N3/c1-6-9(10(12)13)14-15-16(6)8-4-2-7(11)3-5-8/h2-5,10H,1H3. The van der Waals surface area contributed by atoms with Crippen LogP contribution in [0.2, 0.25) is 5.02 Å². The van der Waals surface area contributed by atoms with Crippen molar-refractivity contribution in [2.45, 2.75) is 13.3 Å². The average molecular weight is 244 g/mol. The first-order chi connectivity index (χ1) is 7.59. The zero-order valence-electron chi connectivity index (χ0n) is 8.36. The van der Waals surface area contributed by atoms with Crippen molar-refractivity contribution in [3.05, 3.63) is 40.7 Å². The summed E-state index contributed by atoms with van der Waals surface area (Å²) < 4.78 is 26.3. The summed E-state index contributed by atoms with van der Waals surface area (Å²) in [5.74, 6) is 0. The molecule has 3 nitrogen and oxygen atoms in total. The van der Waals surface area contributed by atoms with Gasteiger partial charge in [-0.05, 0) is 31.2 Å². The number of halogens is 3. The van der Waals surface area contributed by atoms with Crippen molar-refractivity contribution in [1.29, 1.82) is 0 Å². The van der Waals surface area contributed by atoms with Gasteiger partial charge in [0.25, 0.3) is 6.43 Å². The van der Waals surface area contributed by atoms with Crippen molar-refractivity contribution in [3.8, 4) is 5.69 Å². The van der Waals surface area contributed by atoms with E-state index in [1.165, 1.54) is 4.68 Å². The highest BCUT2D eigenvalue weighted by atomic mass is 35.5. The third kappa shape index (κ3) is 1.90. The molecule has 0 spiro atoms. The maximum atomic E-state index is 12.5. The Bertz CT molecular complexity index is 493. The maximum Gasteiger partial charge on any atom is 0.284 e. The van der Waals surface area contributed by atoms with Crippen LogP contribution in [0.3, 0.4) is 0 Å². The molecule has 84 valence electrons. The summed E-state index contributed by atoms with van der Waals surface area (Å²) in [7, 11) is 0. The van der Waals surface area contributed by atoms with E-state index in [-0.39, 0.29) is 5.69 Å². The SMILES string of the molecule is Cc1c(C(F)F)nnn1-c1ccc(Cl)cc1. The molecule has 0 aliphatic carbocycles. The monoisotopic (exact) mass is 243 g/mol. The molecular formula is C10H8ClF2N3. The Morgan fingerprint density at radius 2 is 1.88 bits per heavy atom. The first-order valence-electron chi connectivity index (χ1n) is 4.56. The van der Waals surface area contributed by atoms with Crippen LogP contribution in [-0.4, -0.2) is 15.0 Å². The molecule has 0 bridgehead atoms. The fraction of sp³-hybridized carbons (Fsp3) is 0.200. The quantitative estimate of drug-likeness (QED) is 0.811. The summed E-state index contributed by atoms with van der Waals surface area (Å²) in [5, 5.41) is 7.70. The normalized spacial score (nSPS) is 11.1. The van der Waals surface area contributed by atoms with Gasteiger partial charge in [0.1, 0.15) is 0 Å².